The van der Waals surface area contributed by atoms with Gasteiger partial charge >= 0.3 is 5.91 Å². The SMILES string of the molecule is CC(CCCC[NH+](N)[O-])C(=O)[N+](=O)[O-]. The largest absolute Gasteiger partial charge is 0.613 e. The number of amides is 1. The molecule has 0 aromatic heterocycles. The average Bonchev–Trinajstić information content (AvgIpc) is 2.10. The summed E-state index contributed by atoms with van der Waals surface area (Å²) in [6, 6.07) is 0. The van der Waals surface area contributed by atoms with Crippen molar-refractivity contribution in [1.29, 1.82) is 0 Å². The summed E-state index contributed by atoms with van der Waals surface area (Å²) in [5.41, 5.74) is 0. The first-order chi connectivity index (χ1) is 6.45. The van der Waals surface area contributed by atoms with Gasteiger partial charge < -0.3 is 5.21 Å². The van der Waals surface area contributed by atoms with Crippen molar-refractivity contribution in [2.45, 2.75) is 26.2 Å². The molecule has 0 saturated carbocycles. The highest BCUT2D eigenvalue weighted by Gasteiger charge is 2.23. The van der Waals surface area contributed by atoms with Crippen LogP contribution in [0.1, 0.15) is 26.2 Å². The Morgan fingerprint density at radius 3 is 2.57 bits per heavy atom. The van der Waals surface area contributed by atoms with Crippen LogP contribution in [0.15, 0.2) is 0 Å². The van der Waals surface area contributed by atoms with Crippen molar-refractivity contribution in [3.05, 3.63) is 15.3 Å². The van der Waals surface area contributed by atoms with Crippen molar-refractivity contribution >= 4 is 5.91 Å². The molecule has 0 saturated heterocycles. The van der Waals surface area contributed by atoms with E-state index in [1.54, 1.807) is 0 Å². The molecule has 0 aromatic rings. The van der Waals surface area contributed by atoms with Crippen LogP contribution in [0, 0.1) is 21.2 Å². The molecule has 0 aliphatic carbocycles. The minimum absolute atomic E-state index is 0.263. The number of carbonyl (C=O) groups excluding carboxylic acids is 1. The lowest BCUT2D eigenvalue weighted by Crippen LogP contribution is -3.13. The molecule has 0 spiro atoms. The van der Waals surface area contributed by atoms with Crippen LogP contribution in [0.5, 0.6) is 0 Å². The Morgan fingerprint density at radius 1 is 1.57 bits per heavy atom. The molecule has 1 amide bonds. The van der Waals surface area contributed by atoms with Crippen LogP contribution >= 0.6 is 0 Å². The minimum atomic E-state index is -0.968. The normalized spacial score (nSPS) is 14.8. The van der Waals surface area contributed by atoms with Crippen molar-refractivity contribution in [3.8, 4) is 0 Å². The molecular formula is C7H15N3O4. The number of carbonyl (C=O) groups is 1. The topological polar surface area (TPSA) is 114 Å². The molecule has 7 nitrogen and oxygen atoms in total. The fourth-order valence-electron chi connectivity index (χ4n) is 1.05. The predicted octanol–water partition coefficient (Wildman–Crippen LogP) is -1.15. The lowest BCUT2D eigenvalue weighted by molar-refractivity contribution is -0.861. The highest BCUT2D eigenvalue weighted by atomic mass is 16.6. The zero-order valence-electron chi connectivity index (χ0n) is 8.06. The van der Waals surface area contributed by atoms with Crippen LogP contribution in [0.25, 0.3) is 0 Å². The van der Waals surface area contributed by atoms with Crippen LogP contribution in [0.4, 0.5) is 0 Å². The van der Waals surface area contributed by atoms with E-state index in [2.05, 4.69) is 0 Å². The lowest BCUT2D eigenvalue weighted by Gasteiger charge is -2.14. The molecule has 0 rings (SSSR count). The molecule has 2 unspecified atom stereocenters. The van der Waals surface area contributed by atoms with Gasteiger partial charge in [-0.1, -0.05) is 0 Å². The number of nitrogens with two attached hydrogens (primary N) is 1. The zero-order chi connectivity index (χ0) is 11.1. The average molecular weight is 205 g/mol. The van der Waals surface area contributed by atoms with E-state index in [4.69, 9.17) is 5.84 Å². The number of unbranched alkanes of at least 4 members (excludes halogenated alkanes) is 1. The molecule has 0 radical (unpaired) electrons. The minimum Gasteiger partial charge on any atom is -0.613 e. The van der Waals surface area contributed by atoms with Gasteiger partial charge in [0.15, 0.2) is 0 Å². The quantitative estimate of drug-likeness (QED) is 0.246. The second-order valence-electron chi connectivity index (χ2n) is 3.21. The van der Waals surface area contributed by atoms with Gasteiger partial charge in [-0.2, -0.15) is 5.84 Å². The third-order valence-corrected chi connectivity index (χ3v) is 1.91. The molecule has 0 bridgehead atoms. The number of quaternary nitrogens is 1. The second-order valence-corrected chi connectivity index (χ2v) is 3.21. The third-order valence-electron chi connectivity index (χ3n) is 1.91. The molecule has 0 heterocycles. The van der Waals surface area contributed by atoms with Crippen LogP contribution in [-0.4, -0.2) is 17.4 Å². The van der Waals surface area contributed by atoms with Gasteiger partial charge in [-0.3, -0.25) is 15.3 Å². The van der Waals surface area contributed by atoms with Gasteiger partial charge in [0.2, 0.25) is 0 Å². The van der Waals surface area contributed by atoms with Crippen molar-refractivity contribution in [3.63, 3.8) is 0 Å². The second kappa shape index (κ2) is 6.41. The standard InChI is InChI=1S/C7H15N3O4/c1-6(7(11)10(13)14)4-2-3-5-9(8)12/h6,9H,2-5,8H2,1H3. The molecule has 82 valence electrons. The van der Waals surface area contributed by atoms with E-state index >= 15 is 0 Å². The highest BCUT2D eigenvalue weighted by molar-refractivity contribution is 5.69. The monoisotopic (exact) mass is 205 g/mol. The molecule has 3 N–H and O–H groups in total. The summed E-state index contributed by atoms with van der Waals surface area (Å²) in [7, 11) is 0. The van der Waals surface area contributed by atoms with E-state index in [-0.39, 0.29) is 6.54 Å². The molecule has 14 heavy (non-hydrogen) atoms. The molecule has 7 heteroatoms. The Kier molecular flexibility index (Phi) is 5.93. The van der Waals surface area contributed by atoms with Crippen molar-refractivity contribution < 1.29 is 14.9 Å². The van der Waals surface area contributed by atoms with E-state index < -0.39 is 21.9 Å². The first-order valence-electron chi connectivity index (χ1n) is 4.41. The fourth-order valence-corrected chi connectivity index (χ4v) is 1.05. The number of rotatable bonds is 6. The Bertz CT molecular complexity index is 207. The third kappa shape index (κ3) is 5.57. The molecule has 2 atom stereocenters. The Labute approximate surface area is 81.6 Å². The van der Waals surface area contributed by atoms with Gasteiger partial charge in [0, 0.05) is 0 Å². The maximum Gasteiger partial charge on any atom is 0.447 e. The number of hydrogen-bond donors (Lipinski definition) is 2. The van der Waals surface area contributed by atoms with Crippen LogP contribution < -0.4 is 11.0 Å². The smallest absolute Gasteiger partial charge is 0.447 e. The molecule has 0 aromatic carbocycles. The van der Waals surface area contributed by atoms with Crippen LogP contribution in [-0.2, 0) is 4.79 Å². The van der Waals surface area contributed by atoms with E-state index in [1.807, 2.05) is 0 Å². The molecule has 0 aliphatic rings. The van der Waals surface area contributed by atoms with Gasteiger partial charge in [0.1, 0.15) is 4.92 Å². The maximum atomic E-state index is 10.8. The number of hydrogen-bond acceptors (Lipinski definition) is 5. The summed E-state index contributed by atoms with van der Waals surface area (Å²) >= 11 is 0. The zero-order valence-corrected chi connectivity index (χ0v) is 8.06. The summed E-state index contributed by atoms with van der Waals surface area (Å²) in [5, 5.41) is 20.0. The Hall–Kier alpha value is -1.05. The number of nitrogens with zero attached hydrogens (tertiary/aromatic N) is 1. The Morgan fingerprint density at radius 2 is 2.14 bits per heavy atom. The summed E-state index contributed by atoms with van der Waals surface area (Å²) in [5.74, 6) is 3.35. The van der Waals surface area contributed by atoms with Crippen LogP contribution in [0.3, 0.4) is 0 Å². The maximum absolute atomic E-state index is 10.8. The van der Waals surface area contributed by atoms with E-state index in [0.29, 0.717) is 19.3 Å². The van der Waals surface area contributed by atoms with Gasteiger partial charge in [0.25, 0.3) is 0 Å². The predicted molar refractivity (Wildman–Crippen MR) is 48.4 cm³/mol. The Balaban J connectivity index is 3.59. The van der Waals surface area contributed by atoms with Gasteiger partial charge in [-0.25, -0.2) is 4.79 Å². The fraction of sp³-hybridized carbons (Fsp3) is 0.857. The summed E-state index contributed by atoms with van der Waals surface area (Å²) in [4.78, 5) is 19.9. The number of nitrogens with one attached hydrogen (secondary N) is 1. The molecule has 0 fully saturated rings. The first-order valence-corrected chi connectivity index (χ1v) is 4.41. The van der Waals surface area contributed by atoms with E-state index in [0.717, 1.165) is 0 Å². The lowest BCUT2D eigenvalue weighted by atomic mass is 10.0. The first kappa shape index (κ1) is 12.9. The van der Waals surface area contributed by atoms with Crippen molar-refractivity contribution in [1.82, 2.24) is 0 Å². The van der Waals surface area contributed by atoms with E-state index in [1.165, 1.54) is 6.92 Å². The molecule has 0 aliphatic heterocycles. The van der Waals surface area contributed by atoms with Crippen molar-refractivity contribution in [2.24, 2.45) is 11.8 Å². The summed E-state index contributed by atoms with van der Waals surface area (Å²) in [6.45, 7) is 1.77. The van der Waals surface area contributed by atoms with Gasteiger partial charge in [-0.05, 0) is 26.2 Å². The van der Waals surface area contributed by atoms with Gasteiger partial charge in [0.05, 0.1) is 12.5 Å². The van der Waals surface area contributed by atoms with Gasteiger partial charge in [-0.15, -0.1) is 0 Å². The summed E-state index contributed by atoms with van der Waals surface area (Å²) < 4.78 is 0. The highest BCUT2D eigenvalue weighted by Crippen LogP contribution is 2.08. The van der Waals surface area contributed by atoms with Crippen molar-refractivity contribution in [2.75, 3.05) is 6.54 Å². The summed E-state index contributed by atoms with van der Waals surface area (Å²) in [6.07, 6.45) is 1.60. The number of nitro groups is 1. The van der Waals surface area contributed by atoms with Crippen LogP contribution in [0.2, 0.25) is 0 Å². The molecular weight excluding hydrogens is 190 g/mol. The van der Waals surface area contributed by atoms with E-state index in [9.17, 15) is 20.1 Å². The number of hydroxylamine groups is 1.